The number of fused-ring (bicyclic) bond motifs is 1. The van der Waals surface area contributed by atoms with Gasteiger partial charge in [0.25, 0.3) is 0 Å². The molecule has 1 aromatic heterocycles. The molecule has 1 aliphatic heterocycles. The maximum absolute atomic E-state index is 11.5. The summed E-state index contributed by atoms with van der Waals surface area (Å²) in [6.45, 7) is 6.56. The minimum absolute atomic E-state index is 0.0423. The van der Waals surface area contributed by atoms with Crippen molar-refractivity contribution in [1.82, 2.24) is 14.5 Å². The van der Waals surface area contributed by atoms with E-state index in [4.69, 9.17) is 4.74 Å². The third-order valence-corrected chi connectivity index (χ3v) is 2.54. The van der Waals surface area contributed by atoms with Gasteiger partial charge in [-0.05, 0) is 13.8 Å². The largest absolute Gasteiger partial charge is 0.462 e. The molecule has 16 heavy (non-hydrogen) atoms. The van der Waals surface area contributed by atoms with Crippen LogP contribution in [0.3, 0.4) is 0 Å². The van der Waals surface area contributed by atoms with Crippen LogP contribution in [0, 0.1) is 0 Å². The Kier molecular flexibility index (Phi) is 3.24. The Hall–Kier alpha value is -1.36. The molecule has 0 fully saturated rings. The van der Waals surface area contributed by atoms with Crippen LogP contribution in [-0.2, 0) is 22.6 Å². The number of imidazole rings is 1. The van der Waals surface area contributed by atoms with Gasteiger partial charge in [-0.25, -0.2) is 4.98 Å². The van der Waals surface area contributed by atoms with Gasteiger partial charge in [-0.3, -0.25) is 9.69 Å². The number of rotatable bonds is 3. The lowest BCUT2D eigenvalue weighted by Crippen LogP contribution is -2.38. The zero-order valence-corrected chi connectivity index (χ0v) is 9.72. The number of hydrogen-bond acceptors (Lipinski definition) is 4. The highest BCUT2D eigenvalue weighted by Gasteiger charge is 2.19. The quantitative estimate of drug-likeness (QED) is 0.706. The molecule has 88 valence electrons. The Morgan fingerprint density at radius 2 is 2.38 bits per heavy atom. The molecule has 1 aromatic rings. The Morgan fingerprint density at radius 3 is 3.12 bits per heavy atom. The first-order chi connectivity index (χ1) is 7.65. The molecule has 0 saturated carbocycles. The number of nitrogens with zero attached hydrogens (tertiary/aromatic N) is 3. The van der Waals surface area contributed by atoms with E-state index >= 15 is 0 Å². The highest BCUT2D eigenvalue weighted by Crippen LogP contribution is 2.09. The fourth-order valence-electron chi connectivity index (χ4n) is 1.84. The van der Waals surface area contributed by atoms with E-state index in [0.29, 0.717) is 6.54 Å². The van der Waals surface area contributed by atoms with E-state index in [-0.39, 0.29) is 12.1 Å². The molecule has 0 aliphatic carbocycles. The summed E-state index contributed by atoms with van der Waals surface area (Å²) in [5, 5.41) is 0. The van der Waals surface area contributed by atoms with Crippen molar-refractivity contribution in [3.63, 3.8) is 0 Å². The molecule has 0 radical (unpaired) electrons. The highest BCUT2D eigenvalue weighted by molar-refractivity contribution is 5.71. The summed E-state index contributed by atoms with van der Waals surface area (Å²) in [5.74, 6) is 0.860. The molecular formula is C11H17N3O2. The molecule has 0 atom stereocenters. The molecule has 0 N–H and O–H groups in total. The van der Waals surface area contributed by atoms with Crippen molar-refractivity contribution >= 4 is 5.97 Å². The van der Waals surface area contributed by atoms with E-state index in [9.17, 15) is 4.79 Å². The summed E-state index contributed by atoms with van der Waals surface area (Å²) >= 11 is 0. The Balaban J connectivity index is 1.87. The van der Waals surface area contributed by atoms with Gasteiger partial charge in [0.2, 0.25) is 0 Å². The third kappa shape index (κ3) is 2.61. The van der Waals surface area contributed by atoms with Crippen LogP contribution in [0.4, 0.5) is 0 Å². The zero-order chi connectivity index (χ0) is 11.5. The summed E-state index contributed by atoms with van der Waals surface area (Å²) in [4.78, 5) is 17.8. The van der Waals surface area contributed by atoms with E-state index in [1.807, 2.05) is 20.0 Å². The SMILES string of the molecule is CC(C)OC(=O)CN1CCn2ccnc2C1. The first-order valence-corrected chi connectivity index (χ1v) is 5.57. The molecule has 0 aromatic carbocycles. The summed E-state index contributed by atoms with van der Waals surface area (Å²) < 4.78 is 7.23. The summed E-state index contributed by atoms with van der Waals surface area (Å²) in [7, 11) is 0. The van der Waals surface area contributed by atoms with Gasteiger partial charge >= 0.3 is 5.97 Å². The molecule has 5 heteroatoms. The van der Waals surface area contributed by atoms with Gasteiger partial charge in [-0.1, -0.05) is 0 Å². The van der Waals surface area contributed by atoms with Crippen molar-refractivity contribution in [2.24, 2.45) is 0 Å². The molecule has 0 spiro atoms. The molecular weight excluding hydrogens is 206 g/mol. The number of ether oxygens (including phenoxy) is 1. The molecule has 0 amide bonds. The smallest absolute Gasteiger partial charge is 0.320 e. The number of hydrogen-bond donors (Lipinski definition) is 0. The normalized spacial score (nSPS) is 16.2. The van der Waals surface area contributed by atoms with E-state index in [1.54, 1.807) is 6.20 Å². The molecule has 5 nitrogen and oxygen atoms in total. The van der Waals surface area contributed by atoms with Gasteiger partial charge < -0.3 is 9.30 Å². The standard InChI is InChI=1S/C11H17N3O2/c1-9(2)16-11(15)8-13-5-6-14-4-3-12-10(14)7-13/h3-4,9H,5-8H2,1-2H3. The Labute approximate surface area is 95.0 Å². The van der Waals surface area contributed by atoms with E-state index in [1.165, 1.54) is 0 Å². The van der Waals surface area contributed by atoms with Crippen LogP contribution < -0.4 is 0 Å². The fourth-order valence-corrected chi connectivity index (χ4v) is 1.84. The van der Waals surface area contributed by atoms with Crippen molar-refractivity contribution < 1.29 is 9.53 Å². The predicted octanol–water partition coefficient (Wildman–Crippen LogP) is 0.650. The minimum atomic E-state index is -0.157. The van der Waals surface area contributed by atoms with Crippen molar-refractivity contribution in [2.45, 2.75) is 33.0 Å². The van der Waals surface area contributed by atoms with E-state index in [0.717, 1.165) is 25.5 Å². The van der Waals surface area contributed by atoms with Gasteiger partial charge in [0.05, 0.1) is 19.2 Å². The average Bonchev–Trinajstić information content (AvgIpc) is 2.63. The minimum Gasteiger partial charge on any atom is -0.462 e. The van der Waals surface area contributed by atoms with Gasteiger partial charge in [-0.15, -0.1) is 0 Å². The van der Waals surface area contributed by atoms with Crippen LogP contribution in [0.15, 0.2) is 12.4 Å². The molecule has 2 rings (SSSR count). The first-order valence-electron chi connectivity index (χ1n) is 5.57. The summed E-state index contributed by atoms with van der Waals surface area (Å²) in [6, 6.07) is 0. The van der Waals surface area contributed by atoms with Crippen LogP contribution in [0.25, 0.3) is 0 Å². The van der Waals surface area contributed by atoms with Crippen LogP contribution >= 0.6 is 0 Å². The lowest BCUT2D eigenvalue weighted by molar-refractivity contribution is -0.149. The van der Waals surface area contributed by atoms with Crippen molar-refractivity contribution in [2.75, 3.05) is 13.1 Å². The maximum atomic E-state index is 11.5. The lowest BCUT2D eigenvalue weighted by Gasteiger charge is -2.26. The topological polar surface area (TPSA) is 47.4 Å². The highest BCUT2D eigenvalue weighted by atomic mass is 16.5. The van der Waals surface area contributed by atoms with Crippen LogP contribution in [0.5, 0.6) is 0 Å². The summed E-state index contributed by atoms with van der Waals surface area (Å²) in [5.41, 5.74) is 0. The van der Waals surface area contributed by atoms with Crippen LogP contribution in [0.2, 0.25) is 0 Å². The van der Waals surface area contributed by atoms with Gasteiger partial charge in [-0.2, -0.15) is 0 Å². The Bertz CT molecular complexity index is 373. The third-order valence-electron chi connectivity index (χ3n) is 2.54. The number of carbonyl (C=O) groups excluding carboxylic acids is 1. The fraction of sp³-hybridized carbons (Fsp3) is 0.636. The van der Waals surface area contributed by atoms with Crippen LogP contribution in [0.1, 0.15) is 19.7 Å². The second kappa shape index (κ2) is 4.65. The predicted molar refractivity (Wildman–Crippen MR) is 58.7 cm³/mol. The van der Waals surface area contributed by atoms with Crippen molar-refractivity contribution in [3.05, 3.63) is 18.2 Å². The van der Waals surface area contributed by atoms with E-state index in [2.05, 4.69) is 14.5 Å². The second-order valence-electron chi connectivity index (χ2n) is 4.29. The average molecular weight is 223 g/mol. The zero-order valence-electron chi connectivity index (χ0n) is 9.72. The monoisotopic (exact) mass is 223 g/mol. The first kappa shape index (κ1) is 11.1. The molecule has 2 heterocycles. The van der Waals surface area contributed by atoms with Gasteiger partial charge in [0.15, 0.2) is 0 Å². The van der Waals surface area contributed by atoms with Gasteiger partial charge in [0, 0.05) is 25.5 Å². The lowest BCUT2D eigenvalue weighted by atomic mass is 10.3. The van der Waals surface area contributed by atoms with Crippen molar-refractivity contribution in [1.29, 1.82) is 0 Å². The molecule has 0 bridgehead atoms. The Morgan fingerprint density at radius 1 is 1.56 bits per heavy atom. The number of esters is 1. The summed E-state index contributed by atoms with van der Waals surface area (Å²) in [6.07, 6.45) is 3.73. The number of aromatic nitrogens is 2. The van der Waals surface area contributed by atoms with Gasteiger partial charge in [0.1, 0.15) is 5.82 Å². The second-order valence-corrected chi connectivity index (χ2v) is 4.29. The molecule has 0 saturated heterocycles. The molecule has 1 aliphatic rings. The van der Waals surface area contributed by atoms with E-state index < -0.39 is 0 Å². The molecule has 0 unspecified atom stereocenters. The maximum Gasteiger partial charge on any atom is 0.320 e. The number of carbonyl (C=O) groups is 1. The van der Waals surface area contributed by atoms with Crippen LogP contribution in [-0.4, -0.2) is 39.6 Å². The van der Waals surface area contributed by atoms with Crippen molar-refractivity contribution in [3.8, 4) is 0 Å².